The van der Waals surface area contributed by atoms with E-state index in [0.717, 1.165) is 12.6 Å². The van der Waals surface area contributed by atoms with E-state index in [4.69, 9.17) is 10.5 Å². The van der Waals surface area contributed by atoms with Crippen LogP contribution in [-0.4, -0.2) is 34.6 Å². The second-order valence-corrected chi connectivity index (χ2v) is 4.44. The number of nitrogen functional groups attached to an aromatic ring is 1. The highest BCUT2D eigenvalue weighted by molar-refractivity contribution is 5.56. The third-order valence-corrected chi connectivity index (χ3v) is 2.36. The van der Waals surface area contributed by atoms with Crippen LogP contribution in [0.1, 0.15) is 20.3 Å². The van der Waals surface area contributed by atoms with E-state index in [2.05, 4.69) is 29.1 Å². The van der Waals surface area contributed by atoms with E-state index >= 15 is 0 Å². The number of nitro groups is 1. The fraction of sp³-hybridized carbons (Fsp3) is 0.636. The van der Waals surface area contributed by atoms with Gasteiger partial charge in [-0.2, -0.15) is 4.98 Å². The monoisotopic (exact) mass is 269 g/mol. The zero-order valence-electron chi connectivity index (χ0n) is 11.1. The minimum absolute atomic E-state index is 0.00572. The molecule has 0 atom stereocenters. The summed E-state index contributed by atoms with van der Waals surface area (Å²) in [5.41, 5.74) is 5.20. The first-order valence-corrected chi connectivity index (χ1v) is 6.09. The van der Waals surface area contributed by atoms with Gasteiger partial charge in [0, 0.05) is 13.2 Å². The molecule has 1 aromatic heterocycles. The molecule has 1 aromatic rings. The number of nitrogens with zero attached hydrogens (tertiary/aromatic N) is 3. The molecule has 0 aliphatic heterocycles. The van der Waals surface area contributed by atoms with Crippen LogP contribution >= 0.6 is 0 Å². The molecule has 0 spiro atoms. The predicted molar refractivity (Wildman–Crippen MR) is 71.9 cm³/mol. The second-order valence-electron chi connectivity index (χ2n) is 4.44. The third kappa shape index (κ3) is 5.47. The number of rotatable bonds is 8. The van der Waals surface area contributed by atoms with Gasteiger partial charge in [-0.15, -0.1) is 0 Å². The van der Waals surface area contributed by atoms with Crippen LogP contribution in [0, 0.1) is 16.0 Å². The molecule has 1 rings (SSSR count). The van der Waals surface area contributed by atoms with Gasteiger partial charge in [-0.05, 0) is 12.3 Å². The summed E-state index contributed by atoms with van der Waals surface area (Å²) in [6.45, 7) is 5.79. The van der Waals surface area contributed by atoms with Crippen molar-refractivity contribution in [2.24, 2.45) is 5.92 Å². The first kappa shape index (κ1) is 15.1. The Morgan fingerprint density at radius 1 is 1.53 bits per heavy atom. The molecule has 0 amide bonds. The maximum Gasteiger partial charge on any atom is 0.329 e. The lowest BCUT2D eigenvalue weighted by Gasteiger charge is -2.08. The molecule has 1 heterocycles. The maximum atomic E-state index is 10.8. The van der Waals surface area contributed by atoms with Gasteiger partial charge in [0.05, 0.1) is 11.5 Å². The Labute approximate surface area is 111 Å². The van der Waals surface area contributed by atoms with E-state index in [-0.39, 0.29) is 17.5 Å². The van der Waals surface area contributed by atoms with Gasteiger partial charge in [0.25, 0.3) is 0 Å². The number of anilines is 2. The smallest absolute Gasteiger partial charge is 0.329 e. The first-order chi connectivity index (χ1) is 9.00. The van der Waals surface area contributed by atoms with Crippen LogP contribution in [0.2, 0.25) is 0 Å². The molecule has 0 saturated heterocycles. The molecule has 0 unspecified atom stereocenters. The number of aromatic nitrogens is 2. The molecule has 106 valence electrons. The summed E-state index contributed by atoms with van der Waals surface area (Å²) in [5.74, 6) is 0.703. The van der Waals surface area contributed by atoms with Crippen LogP contribution in [0.15, 0.2) is 6.20 Å². The third-order valence-electron chi connectivity index (χ3n) is 2.36. The van der Waals surface area contributed by atoms with Crippen molar-refractivity contribution < 1.29 is 9.66 Å². The van der Waals surface area contributed by atoms with Crippen LogP contribution in [0.4, 0.5) is 17.5 Å². The first-order valence-electron chi connectivity index (χ1n) is 6.09. The van der Waals surface area contributed by atoms with Gasteiger partial charge in [-0.25, -0.2) is 4.98 Å². The highest BCUT2D eigenvalue weighted by Crippen LogP contribution is 2.20. The molecular formula is C11H19N5O3. The molecule has 8 nitrogen and oxygen atoms in total. The zero-order chi connectivity index (χ0) is 14.3. The molecule has 0 radical (unpaired) electrons. The maximum absolute atomic E-state index is 10.8. The fourth-order valence-corrected chi connectivity index (χ4v) is 1.32. The quantitative estimate of drug-likeness (QED) is 0.416. The van der Waals surface area contributed by atoms with E-state index in [1.807, 2.05) is 0 Å². The molecular weight excluding hydrogens is 250 g/mol. The SMILES string of the molecule is CC(C)CCOCCNc1nc(N)ncc1[N+](=O)[O-]. The summed E-state index contributed by atoms with van der Waals surface area (Å²) in [7, 11) is 0. The van der Waals surface area contributed by atoms with E-state index < -0.39 is 4.92 Å². The summed E-state index contributed by atoms with van der Waals surface area (Å²) in [6.07, 6.45) is 2.07. The van der Waals surface area contributed by atoms with Crippen molar-refractivity contribution in [3.8, 4) is 0 Å². The number of hydrogen-bond donors (Lipinski definition) is 2. The van der Waals surface area contributed by atoms with Crippen molar-refractivity contribution in [2.45, 2.75) is 20.3 Å². The Morgan fingerprint density at radius 3 is 2.89 bits per heavy atom. The van der Waals surface area contributed by atoms with Crippen LogP contribution in [-0.2, 0) is 4.74 Å². The molecule has 8 heteroatoms. The summed E-state index contributed by atoms with van der Waals surface area (Å²) in [5, 5.41) is 13.6. The Balaban J connectivity index is 2.40. The number of nitrogens with one attached hydrogen (secondary N) is 1. The average Bonchev–Trinajstić information content (AvgIpc) is 2.33. The van der Waals surface area contributed by atoms with Crippen molar-refractivity contribution in [2.75, 3.05) is 30.8 Å². The highest BCUT2D eigenvalue weighted by atomic mass is 16.6. The molecule has 0 bridgehead atoms. The zero-order valence-corrected chi connectivity index (χ0v) is 11.1. The molecule has 3 N–H and O–H groups in total. The summed E-state index contributed by atoms with van der Waals surface area (Å²) in [6, 6.07) is 0. The molecule has 19 heavy (non-hydrogen) atoms. The molecule has 0 aromatic carbocycles. The summed E-state index contributed by atoms with van der Waals surface area (Å²) in [4.78, 5) is 17.6. The van der Waals surface area contributed by atoms with E-state index in [1.54, 1.807) is 0 Å². The molecule has 0 aliphatic carbocycles. The topological polar surface area (TPSA) is 116 Å². The van der Waals surface area contributed by atoms with Crippen LogP contribution in [0.5, 0.6) is 0 Å². The minimum Gasteiger partial charge on any atom is -0.380 e. The number of hydrogen-bond acceptors (Lipinski definition) is 7. The number of ether oxygens (including phenoxy) is 1. The normalized spacial score (nSPS) is 10.7. The lowest BCUT2D eigenvalue weighted by Crippen LogP contribution is -2.13. The van der Waals surface area contributed by atoms with Gasteiger partial charge in [0.2, 0.25) is 11.8 Å². The summed E-state index contributed by atoms with van der Waals surface area (Å²) < 4.78 is 5.39. The molecule has 0 saturated carbocycles. The van der Waals surface area contributed by atoms with Gasteiger partial charge in [0.15, 0.2) is 0 Å². The summed E-state index contributed by atoms with van der Waals surface area (Å²) >= 11 is 0. The largest absolute Gasteiger partial charge is 0.380 e. The Bertz CT molecular complexity index is 425. The van der Waals surface area contributed by atoms with E-state index in [0.29, 0.717) is 25.7 Å². The van der Waals surface area contributed by atoms with Crippen LogP contribution in [0.25, 0.3) is 0 Å². The second kappa shape index (κ2) is 7.47. The van der Waals surface area contributed by atoms with Crippen LogP contribution in [0.3, 0.4) is 0 Å². The molecule has 0 aliphatic rings. The Kier molecular flexibility index (Phi) is 5.94. The fourth-order valence-electron chi connectivity index (χ4n) is 1.32. The number of nitrogens with two attached hydrogens (primary N) is 1. The predicted octanol–water partition coefficient (Wildman–Crippen LogP) is 1.44. The standard InChI is InChI=1S/C11H19N5O3/c1-8(2)3-5-19-6-4-13-10-9(16(17)18)7-14-11(12)15-10/h7-8H,3-6H2,1-2H3,(H3,12,13,14,15). The van der Waals surface area contributed by atoms with E-state index in [9.17, 15) is 10.1 Å². The average molecular weight is 269 g/mol. The minimum atomic E-state index is -0.554. The van der Waals surface area contributed by atoms with Crippen molar-refractivity contribution in [3.63, 3.8) is 0 Å². The van der Waals surface area contributed by atoms with Gasteiger partial charge in [0.1, 0.15) is 6.20 Å². The molecule has 0 fully saturated rings. The Hall–Kier alpha value is -1.96. The van der Waals surface area contributed by atoms with Gasteiger partial charge >= 0.3 is 5.69 Å². The van der Waals surface area contributed by atoms with Crippen molar-refractivity contribution in [1.82, 2.24) is 9.97 Å². The van der Waals surface area contributed by atoms with Crippen LogP contribution < -0.4 is 11.1 Å². The lowest BCUT2D eigenvalue weighted by atomic mass is 10.1. The van der Waals surface area contributed by atoms with Crippen molar-refractivity contribution in [1.29, 1.82) is 0 Å². The Morgan fingerprint density at radius 2 is 2.26 bits per heavy atom. The van der Waals surface area contributed by atoms with Gasteiger partial charge in [-0.3, -0.25) is 10.1 Å². The van der Waals surface area contributed by atoms with Gasteiger partial charge < -0.3 is 15.8 Å². The van der Waals surface area contributed by atoms with Crippen molar-refractivity contribution in [3.05, 3.63) is 16.3 Å². The lowest BCUT2D eigenvalue weighted by molar-refractivity contribution is -0.384. The van der Waals surface area contributed by atoms with Crippen molar-refractivity contribution >= 4 is 17.5 Å². The van der Waals surface area contributed by atoms with E-state index in [1.165, 1.54) is 0 Å². The highest BCUT2D eigenvalue weighted by Gasteiger charge is 2.15. The van der Waals surface area contributed by atoms with Gasteiger partial charge in [-0.1, -0.05) is 13.8 Å².